The Morgan fingerprint density at radius 3 is 3.21 bits per heavy atom. The molecule has 0 aromatic carbocycles. The minimum absolute atomic E-state index is 0.408. The number of nitrogens with zero attached hydrogens (tertiary/aromatic N) is 1. The van der Waals surface area contributed by atoms with Gasteiger partial charge in [-0.1, -0.05) is 15.9 Å². The first-order valence-corrected chi connectivity index (χ1v) is 5.60. The summed E-state index contributed by atoms with van der Waals surface area (Å²) < 4.78 is 6.43. The fourth-order valence-corrected chi connectivity index (χ4v) is 1.88. The van der Waals surface area contributed by atoms with Crippen molar-refractivity contribution < 1.29 is 4.74 Å². The molecule has 0 saturated carbocycles. The van der Waals surface area contributed by atoms with E-state index in [0.717, 1.165) is 36.3 Å². The van der Waals surface area contributed by atoms with Gasteiger partial charge < -0.3 is 10.1 Å². The molecule has 1 atom stereocenters. The molecule has 0 aliphatic carbocycles. The van der Waals surface area contributed by atoms with Crippen molar-refractivity contribution in [1.82, 2.24) is 4.98 Å². The standard InChI is InChI=1S/C10H13BrN2O/c11-8-3-4-12-10(6-8)13-9-2-1-5-14-7-9/h3-4,6,9H,1-2,5,7H2,(H,12,13)/t9-/m1/s1. The van der Waals surface area contributed by atoms with Crippen LogP contribution in [0.4, 0.5) is 5.82 Å². The Labute approximate surface area is 92.0 Å². The van der Waals surface area contributed by atoms with Gasteiger partial charge in [0.1, 0.15) is 5.82 Å². The monoisotopic (exact) mass is 256 g/mol. The van der Waals surface area contributed by atoms with Crippen LogP contribution in [-0.4, -0.2) is 24.2 Å². The first-order chi connectivity index (χ1) is 6.84. The lowest BCUT2D eigenvalue weighted by Gasteiger charge is -2.23. The molecule has 0 radical (unpaired) electrons. The third-order valence-corrected chi connectivity index (χ3v) is 2.73. The first-order valence-electron chi connectivity index (χ1n) is 4.80. The second kappa shape index (κ2) is 4.75. The van der Waals surface area contributed by atoms with E-state index in [0.29, 0.717) is 6.04 Å². The minimum atomic E-state index is 0.408. The van der Waals surface area contributed by atoms with Crippen molar-refractivity contribution in [3.05, 3.63) is 22.8 Å². The van der Waals surface area contributed by atoms with Crippen molar-refractivity contribution in [3.63, 3.8) is 0 Å². The van der Waals surface area contributed by atoms with Gasteiger partial charge in [0, 0.05) is 17.3 Å². The molecular formula is C10H13BrN2O. The molecule has 0 spiro atoms. The van der Waals surface area contributed by atoms with Crippen LogP contribution in [0, 0.1) is 0 Å². The molecule has 76 valence electrons. The van der Waals surface area contributed by atoms with Gasteiger partial charge in [0.15, 0.2) is 0 Å². The topological polar surface area (TPSA) is 34.2 Å². The second-order valence-corrected chi connectivity index (χ2v) is 4.33. The predicted octanol–water partition coefficient (Wildman–Crippen LogP) is 2.44. The zero-order chi connectivity index (χ0) is 9.80. The zero-order valence-electron chi connectivity index (χ0n) is 7.87. The van der Waals surface area contributed by atoms with E-state index in [9.17, 15) is 0 Å². The maximum absolute atomic E-state index is 5.38. The summed E-state index contributed by atoms with van der Waals surface area (Å²) in [4.78, 5) is 4.24. The minimum Gasteiger partial charge on any atom is -0.379 e. The number of rotatable bonds is 2. The maximum atomic E-state index is 5.38. The Bertz CT molecular complexity index is 300. The highest BCUT2D eigenvalue weighted by Gasteiger charge is 2.13. The van der Waals surface area contributed by atoms with Crippen molar-refractivity contribution in [2.75, 3.05) is 18.5 Å². The quantitative estimate of drug-likeness (QED) is 0.883. The largest absolute Gasteiger partial charge is 0.379 e. The number of nitrogens with one attached hydrogen (secondary N) is 1. The van der Waals surface area contributed by atoms with Gasteiger partial charge in [0.05, 0.1) is 12.6 Å². The fraction of sp³-hybridized carbons (Fsp3) is 0.500. The van der Waals surface area contributed by atoms with Gasteiger partial charge in [-0.3, -0.25) is 0 Å². The average molecular weight is 257 g/mol. The van der Waals surface area contributed by atoms with Gasteiger partial charge >= 0.3 is 0 Å². The normalized spacial score (nSPS) is 21.9. The van der Waals surface area contributed by atoms with E-state index in [4.69, 9.17) is 4.74 Å². The number of halogens is 1. The molecule has 14 heavy (non-hydrogen) atoms. The maximum Gasteiger partial charge on any atom is 0.127 e. The summed E-state index contributed by atoms with van der Waals surface area (Å²) in [6.07, 6.45) is 4.08. The molecule has 1 fully saturated rings. The highest BCUT2D eigenvalue weighted by molar-refractivity contribution is 9.10. The summed E-state index contributed by atoms with van der Waals surface area (Å²) in [5, 5.41) is 3.36. The third kappa shape index (κ3) is 2.69. The zero-order valence-corrected chi connectivity index (χ0v) is 9.46. The van der Waals surface area contributed by atoms with E-state index in [1.165, 1.54) is 0 Å². The van der Waals surface area contributed by atoms with Gasteiger partial charge in [-0.25, -0.2) is 4.98 Å². The number of anilines is 1. The Hall–Kier alpha value is -0.610. The van der Waals surface area contributed by atoms with Crippen molar-refractivity contribution in [1.29, 1.82) is 0 Å². The molecular weight excluding hydrogens is 244 g/mol. The van der Waals surface area contributed by atoms with Gasteiger partial charge in [-0.05, 0) is 25.0 Å². The summed E-state index contributed by atoms with van der Waals surface area (Å²) in [7, 11) is 0. The van der Waals surface area contributed by atoms with Crippen molar-refractivity contribution in [2.45, 2.75) is 18.9 Å². The second-order valence-electron chi connectivity index (χ2n) is 3.42. The van der Waals surface area contributed by atoms with Crippen LogP contribution in [0.2, 0.25) is 0 Å². The highest BCUT2D eigenvalue weighted by atomic mass is 79.9. The summed E-state index contributed by atoms with van der Waals surface area (Å²) in [5.74, 6) is 0.912. The smallest absolute Gasteiger partial charge is 0.127 e. The molecule has 1 aromatic rings. The van der Waals surface area contributed by atoms with Gasteiger partial charge in [0.2, 0.25) is 0 Å². The highest BCUT2D eigenvalue weighted by Crippen LogP contribution is 2.16. The van der Waals surface area contributed by atoms with E-state index in [1.54, 1.807) is 6.20 Å². The Kier molecular flexibility index (Phi) is 3.37. The van der Waals surface area contributed by atoms with Crippen molar-refractivity contribution in [3.8, 4) is 0 Å². The predicted molar refractivity (Wildman–Crippen MR) is 59.4 cm³/mol. The number of aromatic nitrogens is 1. The number of hydrogen-bond donors (Lipinski definition) is 1. The summed E-state index contributed by atoms with van der Waals surface area (Å²) in [6, 6.07) is 4.31. The van der Waals surface area contributed by atoms with Crippen LogP contribution in [0.15, 0.2) is 22.8 Å². The molecule has 1 N–H and O–H groups in total. The summed E-state index contributed by atoms with van der Waals surface area (Å²) >= 11 is 3.42. The molecule has 1 aliphatic heterocycles. The lowest BCUT2D eigenvalue weighted by molar-refractivity contribution is 0.0875. The molecule has 4 heteroatoms. The average Bonchev–Trinajstić information content (AvgIpc) is 2.19. The molecule has 2 heterocycles. The SMILES string of the molecule is Brc1ccnc(N[C@@H]2CCCOC2)c1. The molecule has 0 amide bonds. The van der Waals surface area contributed by atoms with E-state index >= 15 is 0 Å². The first kappa shape index (κ1) is 9.93. The van der Waals surface area contributed by atoms with E-state index in [1.807, 2.05) is 12.1 Å². The van der Waals surface area contributed by atoms with Gasteiger partial charge in [0.25, 0.3) is 0 Å². The number of ether oxygens (including phenoxy) is 1. The molecule has 2 rings (SSSR count). The van der Waals surface area contributed by atoms with Crippen molar-refractivity contribution in [2.24, 2.45) is 0 Å². The van der Waals surface area contributed by atoms with Gasteiger partial charge in [-0.2, -0.15) is 0 Å². The van der Waals surface area contributed by atoms with Crippen LogP contribution in [0.5, 0.6) is 0 Å². The Morgan fingerprint density at radius 1 is 1.57 bits per heavy atom. The van der Waals surface area contributed by atoms with Crippen LogP contribution in [0.25, 0.3) is 0 Å². The Balaban J connectivity index is 1.95. The van der Waals surface area contributed by atoms with Crippen LogP contribution in [0.1, 0.15) is 12.8 Å². The van der Waals surface area contributed by atoms with E-state index in [2.05, 4.69) is 26.2 Å². The summed E-state index contributed by atoms with van der Waals surface area (Å²) in [5.41, 5.74) is 0. The molecule has 0 bridgehead atoms. The summed E-state index contributed by atoms with van der Waals surface area (Å²) in [6.45, 7) is 1.68. The van der Waals surface area contributed by atoms with Crippen LogP contribution in [-0.2, 0) is 4.74 Å². The lowest BCUT2D eigenvalue weighted by Crippen LogP contribution is -2.30. The van der Waals surface area contributed by atoms with Crippen LogP contribution in [0.3, 0.4) is 0 Å². The Morgan fingerprint density at radius 2 is 2.50 bits per heavy atom. The fourth-order valence-electron chi connectivity index (χ4n) is 1.55. The molecule has 1 aromatic heterocycles. The van der Waals surface area contributed by atoms with E-state index < -0.39 is 0 Å². The van der Waals surface area contributed by atoms with E-state index in [-0.39, 0.29) is 0 Å². The van der Waals surface area contributed by atoms with Crippen LogP contribution < -0.4 is 5.32 Å². The van der Waals surface area contributed by atoms with Gasteiger partial charge in [-0.15, -0.1) is 0 Å². The van der Waals surface area contributed by atoms with Crippen molar-refractivity contribution >= 4 is 21.7 Å². The number of hydrogen-bond acceptors (Lipinski definition) is 3. The molecule has 1 saturated heterocycles. The molecule has 1 aliphatic rings. The molecule has 0 unspecified atom stereocenters. The lowest BCUT2D eigenvalue weighted by atomic mass is 10.1. The van der Waals surface area contributed by atoms with Crippen LogP contribution >= 0.6 is 15.9 Å². The molecule has 3 nitrogen and oxygen atoms in total. The number of pyridine rings is 1. The third-order valence-electron chi connectivity index (χ3n) is 2.23.